The molecule has 0 saturated heterocycles. The molecule has 0 spiro atoms. The molecule has 0 heterocycles. The fourth-order valence-corrected chi connectivity index (χ4v) is 6.47. The van der Waals surface area contributed by atoms with Crippen molar-refractivity contribution in [2.24, 2.45) is 29.1 Å². The minimum Gasteiger partial charge on any atom is -0.393 e. The summed E-state index contributed by atoms with van der Waals surface area (Å²) in [6.45, 7) is 6.81. The van der Waals surface area contributed by atoms with Gasteiger partial charge in [0.15, 0.2) is 0 Å². The molecule has 0 bridgehead atoms. The average molecular weight is 413 g/mol. The van der Waals surface area contributed by atoms with Gasteiger partial charge in [-0.15, -0.1) is 0 Å². The minimum absolute atomic E-state index is 0.250. The Hall–Kier alpha value is -1.16. The van der Waals surface area contributed by atoms with Crippen LogP contribution < -0.4 is 0 Å². The van der Waals surface area contributed by atoms with Gasteiger partial charge in [0.2, 0.25) is 0 Å². The normalized spacial score (nSPS) is 39.5. The molecule has 4 rings (SSSR count). The highest BCUT2D eigenvalue weighted by molar-refractivity contribution is 5.37. The molecule has 4 aliphatic rings. The van der Waals surface area contributed by atoms with Gasteiger partial charge in [-0.3, -0.25) is 0 Å². The van der Waals surface area contributed by atoms with Crippen molar-refractivity contribution in [3.8, 4) is 0 Å². The number of rotatable bonds is 6. The number of aliphatic hydroxyl groups excluding tert-OH is 3. The van der Waals surface area contributed by atoms with Crippen molar-refractivity contribution in [1.82, 2.24) is 0 Å². The Balaban J connectivity index is 1.47. The summed E-state index contributed by atoms with van der Waals surface area (Å²) in [5.41, 5.74) is 3.84. The van der Waals surface area contributed by atoms with E-state index in [1.807, 2.05) is 6.92 Å². The molecule has 0 aliphatic heterocycles. The summed E-state index contributed by atoms with van der Waals surface area (Å²) < 4.78 is 0. The molecular formula is C27H40O3. The molecule has 7 atom stereocenters. The van der Waals surface area contributed by atoms with E-state index < -0.39 is 12.2 Å². The molecule has 0 aromatic heterocycles. The van der Waals surface area contributed by atoms with Crippen LogP contribution in [0, 0.1) is 29.1 Å². The average Bonchev–Trinajstić information content (AvgIpc) is 3.49. The first kappa shape index (κ1) is 22.0. The van der Waals surface area contributed by atoms with Crippen molar-refractivity contribution < 1.29 is 15.3 Å². The number of fused-ring (bicyclic) bond motifs is 1. The van der Waals surface area contributed by atoms with Gasteiger partial charge < -0.3 is 15.3 Å². The van der Waals surface area contributed by atoms with Crippen LogP contribution in [0.25, 0.3) is 0 Å². The molecule has 4 aliphatic carbocycles. The van der Waals surface area contributed by atoms with Crippen molar-refractivity contribution in [3.63, 3.8) is 0 Å². The van der Waals surface area contributed by atoms with Crippen LogP contribution in [-0.2, 0) is 0 Å². The number of hydrogen-bond donors (Lipinski definition) is 3. The molecule has 0 amide bonds. The Bertz CT molecular complexity index is 756. The van der Waals surface area contributed by atoms with Gasteiger partial charge >= 0.3 is 0 Å². The van der Waals surface area contributed by atoms with E-state index in [0.717, 1.165) is 17.6 Å². The van der Waals surface area contributed by atoms with Crippen LogP contribution in [0.4, 0.5) is 0 Å². The Morgan fingerprint density at radius 3 is 2.60 bits per heavy atom. The maximum Gasteiger partial charge on any atom is 0.0777 e. The van der Waals surface area contributed by atoms with Gasteiger partial charge in [-0.25, -0.2) is 0 Å². The smallest absolute Gasteiger partial charge is 0.0777 e. The molecule has 0 unspecified atom stereocenters. The van der Waals surface area contributed by atoms with E-state index >= 15 is 0 Å². The monoisotopic (exact) mass is 412 g/mol. The Kier molecular flexibility index (Phi) is 6.44. The van der Waals surface area contributed by atoms with Crippen molar-refractivity contribution in [1.29, 1.82) is 0 Å². The van der Waals surface area contributed by atoms with Gasteiger partial charge in [-0.1, -0.05) is 44.2 Å². The first-order valence-electron chi connectivity index (χ1n) is 12.1. The second-order valence-electron chi connectivity index (χ2n) is 10.7. The zero-order valence-corrected chi connectivity index (χ0v) is 18.9. The maximum absolute atomic E-state index is 10.2. The molecule has 3 nitrogen and oxygen atoms in total. The summed E-state index contributed by atoms with van der Waals surface area (Å²) in [6, 6.07) is 0. The summed E-state index contributed by atoms with van der Waals surface area (Å²) >= 11 is 0. The van der Waals surface area contributed by atoms with Gasteiger partial charge in [0.1, 0.15) is 0 Å². The number of hydrogen-bond acceptors (Lipinski definition) is 3. The van der Waals surface area contributed by atoms with Crippen LogP contribution >= 0.6 is 0 Å². The molecule has 3 heteroatoms. The highest BCUT2D eigenvalue weighted by Gasteiger charge is 2.49. The molecule has 2 saturated carbocycles. The van der Waals surface area contributed by atoms with Crippen LogP contribution in [-0.4, -0.2) is 33.6 Å². The second-order valence-corrected chi connectivity index (χ2v) is 10.7. The third kappa shape index (κ3) is 4.40. The van der Waals surface area contributed by atoms with E-state index in [9.17, 15) is 15.3 Å². The molecule has 166 valence electrons. The molecule has 0 aromatic rings. The molecule has 3 N–H and O–H groups in total. The van der Waals surface area contributed by atoms with Crippen molar-refractivity contribution in [2.75, 3.05) is 0 Å². The Morgan fingerprint density at radius 1 is 1.10 bits per heavy atom. The predicted octanol–water partition coefficient (Wildman–Crippen LogP) is 5.09. The van der Waals surface area contributed by atoms with Crippen LogP contribution in [0.1, 0.15) is 72.1 Å². The molecule has 2 fully saturated rings. The van der Waals surface area contributed by atoms with Gasteiger partial charge in [-0.2, -0.15) is 0 Å². The largest absolute Gasteiger partial charge is 0.393 e. The minimum atomic E-state index is -0.520. The summed E-state index contributed by atoms with van der Waals surface area (Å²) in [6.07, 6.45) is 18.2. The highest BCUT2D eigenvalue weighted by Crippen LogP contribution is 2.58. The fraction of sp³-hybridized carbons (Fsp3) is 0.704. The third-order valence-corrected chi connectivity index (χ3v) is 8.66. The van der Waals surface area contributed by atoms with E-state index in [2.05, 4.69) is 44.2 Å². The summed E-state index contributed by atoms with van der Waals surface area (Å²) in [5.74, 6) is 2.23. The second kappa shape index (κ2) is 8.76. The summed E-state index contributed by atoms with van der Waals surface area (Å²) in [7, 11) is 0. The first-order chi connectivity index (χ1) is 14.3. The summed E-state index contributed by atoms with van der Waals surface area (Å²) in [5, 5.41) is 30.5. The van der Waals surface area contributed by atoms with Crippen LogP contribution in [0.5, 0.6) is 0 Å². The first-order valence-corrected chi connectivity index (χ1v) is 12.1. The van der Waals surface area contributed by atoms with E-state index in [1.54, 1.807) is 0 Å². The zero-order chi connectivity index (χ0) is 21.5. The van der Waals surface area contributed by atoms with E-state index in [4.69, 9.17) is 0 Å². The van der Waals surface area contributed by atoms with Gasteiger partial charge in [0.25, 0.3) is 0 Å². The van der Waals surface area contributed by atoms with Crippen LogP contribution in [0.2, 0.25) is 0 Å². The Morgan fingerprint density at radius 2 is 1.87 bits per heavy atom. The molecular weight excluding hydrogens is 372 g/mol. The van der Waals surface area contributed by atoms with Crippen LogP contribution in [0.15, 0.2) is 47.1 Å². The summed E-state index contributed by atoms with van der Waals surface area (Å²) in [4.78, 5) is 0. The Labute approximate surface area is 182 Å². The lowest BCUT2D eigenvalue weighted by molar-refractivity contribution is 0.0879. The number of allylic oxidation sites excluding steroid dienone is 5. The SMILES string of the molecule is CC1=C(/C=C\C2=CCC[C@]3(C)[C@@H]([C@H](C)/C=C/[C@@H](O)C4CC4)CC[C@@H]23)C[C@@H](O)C[C@@H]1O. The van der Waals surface area contributed by atoms with E-state index in [0.29, 0.717) is 41.9 Å². The van der Waals surface area contributed by atoms with E-state index in [-0.39, 0.29) is 6.10 Å². The lowest BCUT2D eigenvalue weighted by Gasteiger charge is -2.42. The lowest BCUT2D eigenvalue weighted by atomic mass is 9.62. The lowest BCUT2D eigenvalue weighted by Crippen LogP contribution is -2.34. The van der Waals surface area contributed by atoms with Crippen molar-refractivity contribution >= 4 is 0 Å². The predicted molar refractivity (Wildman–Crippen MR) is 122 cm³/mol. The third-order valence-electron chi connectivity index (χ3n) is 8.66. The zero-order valence-electron chi connectivity index (χ0n) is 18.9. The van der Waals surface area contributed by atoms with Gasteiger partial charge in [0.05, 0.1) is 18.3 Å². The quantitative estimate of drug-likeness (QED) is 0.533. The molecule has 30 heavy (non-hydrogen) atoms. The standard InChI is InChI=1S/C27H40O3/c1-17(6-13-25(29)20-8-9-20)23-11-12-24-19(5-4-14-27(23,24)3)7-10-21-15-22(28)16-26(30)18(21)2/h5-7,10,13,17,20,22-26,28-30H,4,8-9,11-12,14-16H2,1-3H3/b10-7-,13-6+/t17-,22-,23-,24+,25-,26+,27-/m1/s1. The molecule has 0 aromatic carbocycles. The van der Waals surface area contributed by atoms with E-state index in [1.165, 1.54) is 37.7 Å². The van der Waals surface area contributed by atoms with Gasteiger partial charge in [0, 0.05) is 6.42 Å². The van der Waals surface area contributed by atoms with Gasteiger partial charge in [-0.05, 0) is 97.7 Å². The fourth-order valence-electron chi connectivity index (χ4n) is 6.47. The topological polar surface area (TPSA) is 60.7 Å². The van der Waals surface area contributed by atoms with Crippen LogP contribution in [0.3, 0.4) is 0 Å². The van der Waals surface area contributed by atoms with Crippen molar-refractivity contribution in [3.05, 3.63) is 47.1 Å². The highest BCUT2D eigenvalue weighted by atomic mass is 16.3. The molecule has 0 radical (unpaired) electrons. The number of aliphatic hydroxyl groups is 3. The maximum atomic E-state index is 10.2. The van der Waals surface area contributed by atoms with Crippen molar-refractivity contribution in [2.45, 2.75) is 90.4 Å².